The van der Waals surface area contributed by atoms with Crippen LogP contribution < -0.4 is 0 Å². The van der Waals surface area contributed by atoms with Gasteiger partial charge in [-0.15, -0.1) is 11.3 Å². The second-order valence-electron chi connectivity index (χ2n) is 15.4. The lowest BCUT2D eigenvalue weighted by molar-refractivity contribution is -0.176. The number of Topliss-reactive ketones (excluding diaryl/α,β-unsaturated/α-hetero) is 1. The first-order chi connectivity index (χ1) is 22.2. The molecule has 8 atom stereocenters. The Morgan fingerprint density at radius 1 is 1.06 bits per heavy atom. The van der Waals surface area contributed by atoms with Crippen molar-refractivity contribution in [3.8, 4) is 0 Å². The van der Waals surface area contributed by atoms with Crippen LogP contribution in [-0.2, 0) is 21.2 Å². The number of thiophene rings is 1. The van der Waals surface area contributed by atoms with Gasteiger partial charge in [0.25, 0.3) is 10.0 Å². The van der Waals surface area contributed by atoms with Gasteiger partial charge < -0.3 is 10.2 Å². The lowest BCUT2D eigenvalue weighted by atomic mass is 9.32. The Morgan fingerprint density at radius 3 is 2.49 bits per heavy atom. The molecule has 3 fully saturated rings. The van der Waals surface area contributed by atoms with Crippen LogP contribution in [0.4, 0.5) is 4.39 Å². The van der Waals surface area contributed by atoms with Crippen LogP contribution in [0.1, 0.15) is 77.7 Å². The standard InChI is InChI=1S/C37H45ClFNO5S2/c1-4-18-40(47(44,45)32-9-6-19-46-32)23-36(43)15-12-31-34(36,3)14-11-30-33(2)13-10-24(41)21-35(33)16-17-37(30,31)26(22-35)29(42)20-25-27(38)7-5-8-28(25)39/h5-9,16-17,19,22,24,30-31,41,43H,4,10-15,18,20-21,23H2,1-3H3. The van der Waals surface area contributed by atoms with Gasteiger partial charge in [-0.1, -0.05) is 62.7 Å². The topological polar surface area (TPSA) is 94.9 Å². The molecule has 2 spiro atoms. The molecule has 2 aromatic rings. The number of fused-ring (bicyclic) bond motifs is 1. The fourth-order valence-electron chi connectivity index (χ4n) is 11.0. The molecule has 10 heteroatoms. The highest BCUT2D eigenvalue weighted by Gasteiger charge is 2.74. The van der Waals surface area contributed by atoms with Crippen molar-refractivity contribution in [1.82, 2.24) is 4.31 Å². The van der Waals surface area contributed by atoms with E-state index < -0.39 is 43.8 Å². The Bertz CT molecular complexity index is 1740. The van der Waals surface area contributed by atoms with Gasteiger partial charge in [-0.2, -0.15) is 4.31 Å². The van der Waals surface area contributed by atoms with E-state index in [9.17, 15) is 23.4 Å². The highest BCUT2D eigenvalue weighted by molar-refractivity contribution is 7.91. The summed E-state index contributed by atoms with van der Waals surface area (Å²) in [5, 5.41) is 25.6. The minimum absolute atomic E-state index is 0.0102. The van der Waals surface area contributed by atoms with E-state index in [1.807, 2.05) is 6.92 Å². The van der Waals surface area contributed by atoms with Gasteiger partial charge >= 0.3 is 0 Å². The summed E-state index contributed by atoms with van der Waals surface area (Å²) in [4.78, 5) is 14.6. The molecule has 254 valence electrons. The summed E-state index contributed by atoms with van der Waals surface area (Å²) < 4.78 is 44.4. The molecule has 0 saturated heterocycles. The van der Waals surface area contributed by atoms with Crippen molar-refractivity contribution in [3.05, 3.63) is 75.9 Å². The molecular formula is C37H45ClFNO5S2. The summed E-state index contributed by atoms with van der Waals surface area (Å²) >= 11 is 7.61. The molecule has 8 unspecified atom stereocenters. The number of carbonyl (C=O) groups is 1. The summed E-state index contributed by atoms with van der Waals surface area (Å²) in [5.74, 6) is -0.758. The maximum atomic E-state index is 15.0. The zero-order valence-electron chi connectivity index (χ0n) is 27.3. The first-order valence-electron chi connectivity index (χ1n) is 17.0. The molecule has 1 aromatic heterocycles. The van der Waals surface area contributed by atoms with E-state index in [0.717, 1.165) is 12.8 Å². The maximum absolute atomic E-state index is 15.0. The van der Waals surface area contributed by atoms with Gasteiger partial charge in [0.2, 0.25) is 0 Å². The summed E-state index contributed by atoms with van der Waals surface area (Å²) in [5.41, 5.74) is -2.61. The van der Waals surface area contributed by atoms with Crippen LogP contribution in [0.15, 0.2) is 63.7 Å². The zero-order valence-corrected chi connectivity index (χ0v) is 29.7. The number of benzene rings is 1. The van der Waals surface area contributed by atoms with Crippen LogP contribution in [0.3, 0.4) is 0 Å². The van der Waals surface area contributed by atoms with Crippen molar-refractivity contribution in [3.63, 3.8) is 0 Å². The van der Waals surface area contributed by atoms with Crippen LogP contribution in [0.2, 0.25) is 5.02 Å². The number of rotatable bonds is 9. The van der Waals surface area contributed by atoms with Crippen molar-refractivity contribution in [2.45, 2.75) is 94.5 Å². The number of ketones is 1. The first kappa shape index (κ1) is 33.6. The molecule has 2 bridgehead atoms. The largest absolute Gasteiger partial charge is 0.393 e. The van der Waals surface area contributed by atoms with E-state index in [4.69, 9.17) is 11.6 Å². The number of sulfonamides is 1. The fraction of sp³-hybridized carbons (Fsp3) is 0.595. The quantitative estimate of drug-likeness (QED) is 0.267. The molecule has 0 aliphatic heterocycles. The molecule has 2 N–H and O–H groups in total. The third kappa shape index (κ3) is 4.62. The predicted octanol–water partition coefficient (Wildman–Crippen LogP) is 7.34. The number of carbonyl (C=O) groups excluding carboxylic acids is 1. The first-order valence-corrected chi connectivity index (χ1v) is 19.7. The number of aliphatic hydroxyl groups is 2. The van der Waals surface area contributed by atoms with Crippen LogP contribution in [0.5, 0.6) is 0 Å². The highest BCUT2D eigenvalue weighted by Crippen LogP contribution is 2.78. The Hall–Kier alpha value is -1.88. The number of halogens is 2. The molecule has 1 aromatic carbocycles. The van der Waals surface area contributed by atoms with Gasteiger partial charge in [0.15, 0.2) is 5.78 Å². The van der Waals surface area contributed by atoms with E-state index in [1.54, 1.807) is 23.6 Å². The Morgan fingerprint density at radius 2 is 1.79 bits per heavy atom. The molecule has 0 amide bonds. The highest BCUT2D eigenvalue weighted by atomic mass is 35.5. The molecule has 6 nitrogen and oxygen atoms in total. The predicted molar refractivity (Wildman–Crippen MR) is 182 cm³/mol. The number of allylic oxidation sites excluding steroid dienone is 4. The van der Waals surface area contributed by atoms with E-state index in [0.29, 0.717) is 50.6 Å². The van der Waals surface area contributed by atoms with Crippen LogP contribution >= 0.6 is 22.9 Å². The van der Waals surface area contributed by atoms with Gasteiger partial charge in [0.1, 0.15) is 10.0 Å². The van der Waals surface area contributed by atoms with Crippen molar-refractivity contribution in [1.29, 1.82) is 0 Å². The van der Waals surface area contributed by atoms with Crippen molar-refractivity contribution in [2.24, 2.45) is 33.5 Å². The monoisotopic (exact) mass is 701 g/mol. The Balaban J connectivity index is 1.32. The lowest BCUT2D eigenvalue weighted by Crippen LogP contribution is -2.67. The van der Waals surface area contributed by atoms with Gasteiger partial charge in [0.05, 0.1) is 11.7 Å². The van der Waals surface area contributed by atoms with Crippen molar-refractivity contribution >= 4 is 38.7 Å². The third-order valence-electron chi connectivity index (χ3n) is 13.4. The molecule has 6 aliphatic carbocycles. The minimum Gasteiger partial charge on any atom is -0.393 e. The molecule has 8 rings (SSSR count). The van der Waals surface area contributed by atoms with Crippen molar-refractivity contribution < 1.29 is 27.8 Å². The molecule has 3 saturated carbocycles. The van der Waals surface area contributed by atoms with Crippen LogP contribution in [0.25, 0.3) is 0 Å². The summed E-state index contributed by atoms with van der Waals surface area (Å²) in [6.45, 7) is 6.65. The lowest BCUT2D eigenvalue weighted by Gasteiger charge is -2.71. The SMILES string of the molecule is CCCN(CC1(O)CCC2C34C=CC5(C=C3C(=O)Cc3c(F)cccc3Cl)CC(O)CCC5(C)C4CCC21C)S(=O)(=O)c1cccs1. The Kier molecular flexibility index (Phi) is 8.10. The van der Waals surface area contributed by atoms with Gasteiger partial charge in [-0.25, -0.2) is 12.8 Å². The average Bonchev–Trinajstić information content (AvgIpc) is 3.66. The van der Waals surface area contributed by atoms with Gasteiger partial charge in [0, 0.05) is 51.9 Å². The van der Waals surface area contributed by atoms with Crippen LogP contribution in [0, 0.1) is 39.3 Å². The second-order valence-corrected chi connectivity index (χ2v) is 18.9. The zero-order chi connectivity index (χ0) is 33.6. The van der Waals surface area contributed by atoms with E-state index >= 15 is 4.39 Å². The number of nitrogens with zero attached hydrogens (tertiary/aromatic N) is 1. The average molecular weight is 702 g/mol. The van der Waals surface area contributed by atoms with Crippen LogP contribution in [-0.4, -0.2) is 53.5 Å². The molecule has 1 heterocycles. The molecule has 6 aliphatic rings. The third-order valence-corrected chi connectivity index (χ3v) is 17.0. The minimum atomic E-state index is -3.80. The number of hydrogen-bond donors (Lipinski definition) is 2. The second kappa shape index (κ2) is 11.3. The maximum Gasteiger partial charge on any atom is 0.252 e. The van der Waals surface area contributed by atoms with Crippen molar-refractivity contribution in [2.75, 3.05) is 13.1 Å². The van der Waals surface area contributed by atoms with Gasteiger partial charge in [-0.3, -0.25) is 4.79 Å². The molecular weight excluding hydrogens is 657 g/mol. The normalized spacial score (nSPS) is 39.0. The van der Waals surface area contributed by atoms with E-state index in [-0.39, 0.29) is 50.8 Å². The van der Waals surface area contributed by atoms with Gasteiger partial charge in [-0.05, 0) is 92.2 Å². The summed E-state index contributed by atoms with van der Waals surface area (Å²) in [6, 6.07) is 7.80. The van der Waals surface area contributed by atoms with E-state index in [2.05, 4.69) is 32.1 Å². The van der Waals surface area contributed by atoms with E-state index in [1.165, 1.54) is 27.8 Å². The number of aliphatic hydroxyl groups excluding tert-OH is 1. The summed E-state index contributed by atoms with van der Waals surface area (Å²) in [7, 11) is -3.80. The molecule has 47 heavy (non-hydrogen) atoms. The Labute approximate surface area is 286 Å². The molecule has 0 radical (unpaired) electrons. The fourth-order valence-corrected chi connectivity index (χ4v) is 13.9. The smallest absolute Gasteiger partial charge is 0.252 e. The summed E-state index contributed by atoms with van der Waals surface area (Å²) in [6.07, 6.45) is 11.0. The number of hydrogen-bond acceptors (Lipinski definition) is 6.